The van der Waals surface area contributed by atoms with Gasteiger partial charge in [-0.05, 0) is 85.7 Å². The van der Waals surface area contributed by atoms with E-state index in [0.717, 1.165) is 0 Å². The van der Waals surface area contributed by atoms with E-state index >= 15 is 0 Å². The van der Waals surface area contributed by atoms with Gasteiger partial charge in [0, 0.05) is 17.8 Å². The van der Waals surface area contributed by atoms with Crippen LogP contribution in [0, 0.1) is 41.5 Å². The van der Waals surface area contributed by atoms with Crippen LogP contribution in [0.5, 0.6) is 0 Å². The van der Waals surface area contributed by atoms with E-state index in [1.165, 1.54) is 66.0 Å². The van der Waals surface area contributed by atoms with Crippen LogP contribution in [0.4, 0.5) is 0 Å². The van der Waals surface area contributed by atoms with Gasteiger partial charge in [0.25, 0.3) is 0 Å². The van der Waals surface area contributed by atoms with Gasteiger partial charge in [-0.3, -0.25) is 0 Å². The highest BCUT2D eigenvalue weighted by Gasteiger charge is 2.21. The Morgan fingerprint density at radius 1 is 0.542 bits per heavy atom. The van der Waals surface area contributed by atoms with Gasteiger partial charge in [0.15, 0.2) is 0 Å². The number of hydrogen-bond acceptors (Lipinski definition) is 0. The van der Waals surface area contributed by atoms with E-state index in [1.807, 2.05) is 0 Å². The van der Waals surface area contributed by atoms with E-state index in [9.17, 15) is 0 Å². The Morgan fingerprint density at radius 2 is 1.00 bits per heavy atom. The van der Waals surface area contributed by atoms with Crippen molar-refractivity contribution >= 4 is 32.6 Å². The Hall–Kier alpha value is -2.28. The first kappa shape index (κ1) is 15.3. The predicted octanol–water partition coefficient (Wildman–Crippen LogP) is 6.34. The van der Waals surface area contributed by atoms with Crippen molar-refractivity contribution < 1.29 is 0 Å². The summed E-state index contributed by atoms with van der Waals surface area (Å²) < 4.78 is 2.42. The lowest BCUT2D eigenvalue weighted by Gasteiger charge is -2.13. The van der Waals surface area contributed by atoms with Gasteiger partial charge in [-0.15, -0.1) is 0 Å². The molecule has 0 saturated carbocycles. The zero-order valence-corrected chi connectivity index (χ0v) is 15.8. The molecule has 1 aromatic heterocycles. The highest BCUT2D eigenvalue weighted by atomic mass is 14.9. The fourth-order valence-corrected chi connectivity index (χ4v) is 4.62. The Kier molecular flexibility index (Phi) is 3.09. The quantitative estimate of drug-likeness (QED) is 0.357. The molecule has 0 spiro atoms. The zero-order chi connectivity index (χ0) is 17.3. The van der Waals surface area contributed by atoms with Gasteiger partial charge in [-0.25, -0.2) is 0 Å². The number of benzene rings is 3. The van der Waals surface area contributed by atoms with Crippen molar-refractivity contribution in [2.45, 2.75) is 41.5 Å². The van der Waals surface area contributed by atoms with Crippen molar-refractivity contribution in [2.24, 2.45) is 7.05 Å². The standard InChI is InChI=1S/C23H25N/c1-12-13(2)15(4)22-20(14(12)3)21-16(5)18-10-8-9-11-19(18)17(6)23(21)24(22)7/h8-11H,1-7H3. The van der Waals surface area contributed by atoms with Gasteiger partial charge in [0.1, 0.15) is 0 Å². The van der Waals surface area contributed by atoms with Crippen molar-refractivity contribution in [3.8, 4) is 0 Å². The third-order valence-corrected chi connectivity index (χ3v) is 6.28. The van der Waals surface area contributed by atoms with Crippen LogP contribution in [-0.2, 0) is 7.05 Å². The highest BCUT2D eigenvalue weighted by molar-refractivity contribution is 6.18. The van der Waals surface area contributed by atoms with Crippen LogP contribution in [0.15, 0.2) is 24.3 Å². The summed E-state index contributed by atoms with van der Waals surface area (Å²) in [7, 11) is 2.23. The van der Waals surface area contributed by atoms with Gasteiger partial charge in [-0.1, -0.05) is 24.3 Å². The second kappa shape index (κ2) is 4.86. The Morgan fingerprint density at radius 3 is 1.62 bits per heavy atom. The van der Waals surface area contributed by atoms with Gasteiger partial charge in [0.05, 0.1) is 11.0 Å². The lowest BCUT2D eigenvalue weighted by molar-refractivity contribution is 0.999. The Bertz CT molecular complexity index is 1160. The van der Waals surface area contributed by atoms with E-state index in [0.29, 0.717) is 0 Å². The maximum Gasteiger partial charge on any atom is 0.0527 e. The van der Waals surface area contributed by atoms with E-state index in [-0.39, 0.29) is 0 Å². The molecule has 3 aromatic carbocycles. The number of hydrogen-bond donors (Lipinski definition) is 0. The summed E-state index contributed by atoms with van der Waals surface area (Å²) in [6, 6.07) is 8.82. The van der Waals surface area contributed by atoms with Gasteiger partial charge in [0.2, 0.25) is 0 Å². The molecule has 24 heavy (non-hydrogen) atoms. The monoisotopic (exact) mass is 315 g/mol. The zero-order valence-electron chi connectivity index (χ0n) is 15.8. The molecule has 0 aliphatic carbocycles. The first-order valence-electron chi connectivity index (χ1n) is 8.72. The number of rotatable bonds is 0. The highest BCUT2D eigenvalue weighted by Crippen LogP contribution is 2.42. The molecule has 0 radical (unpaired) electrons. The lowest BCUT2D eigenvalue weighted by Crippen LogP contribution is -1.96. The number of fused-ring (bicyclic) bond motifs is 4. The molecule has 1 nitrogen and oxygen atoms in total. The molecule has 4 aromatic rings. The summed E-state index contributed by atoms with van der Waals surface area (Å²) in [4.78, 5) is 0. The minimum absolute atomic E-state index is 1.37. The molecule has 0 unspecified atom stereocenters. The smallest absolute Gasteiger partial charge is 0.0527 e. The third kappa shape index (κ3) is 1.65. The molecule has 122 valence electrons. The molecule has 0 amide bonds. The minimum atomic E-state index is 1.37. The second-order valence-electron chi connectivity index (χ2n) is 7.30. The maximum atomic E-state index is 2.42. The molecule has 0 N–H and O–H groups in total. The summed E-state index contributed by atoms with van der Waals surface area (Å²) >= 11 is 0. The van der Waals surface area contributed by atoms with Crippen LogP contribution in [0.1, 0.15) is 33.4 Å². The fraction of sp³-hybridized carbons (Fsp3) is 0.304. The Balaban J connectivity index is 2.47. The van der Waals surface area contributed by atoms with E-state index in [1.54, 1.807) is 0 Å². The first-order valence-corrected chi connectivity index (χ1v) is 8.72. The van der Waals surface area contributed by atoms with Crippen LogP contribution in [-0.4, -0.2) is 4.57 Å². The number of nitrogens with zero attached hydrogens (tertiary/aromatic N) is 1. The maximum absolute atomic E-state index is 2.42. The van der Waals surface area contributed by atoms with Crippen LogP contribution < -0.4 is 0 Å². The lowest BCUT2D eigenvalue weighted by atomic mass is 9.91. The minimum Gasteiger partial charge on any atom is -0.343 e. The number of aromatic nitrogens is 1. The summed E-state index contributed by atoms with van der Waals surface area (Å²) in [5, 5.41) is 5.63. The van der Waals surface area contributed by atoms with Crippen molar-refractivity contribution in [1.82, 2.24) is 4.57 Å². The summed E-state index contributed by atoms with van der Waals surface area (Å²) in [5.74, 6) is 0. The largest absolute Gasteiger partial charge is 0.343 e. The molecular formula is C23H25N. The summed E-state index contributed by atoms with van der Waals surface area (Å²) in [6.45, 7) is 13.6. The van der Waals surface area contributed by atoms with E-state index in [2.05, 4.69) is 77.4 Å². The molecule has 4 rings (SSSR count). The third-order valence-electron chi connectivity index (χ3n) is 6.28. The molecule has 1 heterocycles. The van der Waals surface area contributed by atoms with Crippen LogP contribution in [0.3, 0.4) is 0 Å². The predicted molar refractivity (Wildman–Crippen MR) is 106 cm³/mol. The molecule has 0 fully saturated rings. The first-order chi connectivity index (χ1) is 11.4. The van der Waals surface area contributed by atoms with Crippen LogP contribution in [0.2, 0.25) is 0 Å². The topological polar surface area (TPSA) is 4.93 Å². The normalized spacial score (nSPS) is 12.0. The van der Waals surface area contributed by atoms with Gasteiger partial charge in [-0.2, -0.15) is 0 Å². The van der Waals surface area contributed by atoms with E-state index in [4.69, 9.17) is 0 Å². The SMILES string of the molecule is Cc1c(C)c(C)c2c(c1C)c1c(C)c3ccccc3c(C)c1n2C. The average Bonchev–Trinajstić information content (AvgIpc) is 2.90. The van der Waals surface area contributed by atoms with Crippen molar-refractivity contribution in [3.63, 3.8) is 0 Å². The van der Waals surface area contributed by atoms with Crippen molar-refractivity contribution in [3.05, 3.63) is 57.6 Å². The molecule has 0 aliphatic heterocycles. The second-order valence-corrected chi connectivity index (χ2v) is 7.30. The fourth-order valence-electron chi connectivity index (χ4n) is 4.62. The van der Waals surface area contributed by atoms with Gasteiger partial charge >= 0.3 is 0 Å². The van der Waals surface area contributed by atoms with Crippen LogP contribution in [0.25, 0.3) is 32.6 Å². The molecule has 0 aliphatic rings. The molecule has 0 atom stereocenters. The van der Waals surface area contributed by atoms with E-state index < -0.39 is 0 Å². The van der Waals surface area contributed by atoms with Gasteiger partial charge < -0.3 is 4.57 Å². The summed E-state index contributed by atoms with van der Waals surface area (Å²) in [6.07, 6.45) is 0. The summed E-state index contributed by atoms with van der Waals surface area (Å²) in [5.41, 5.74) is 11.3. The molecule has 0 bridgehead atoms. The van der Waals surface area contributed by atoms with Crippen LogP contribution >= 0.6 is 0 Å². The number of aryl methyl sites for hydroxylation is 5. The van der Waals surface area contributed by atoms with Crippen molar-refractivity contribution in [1.29, 1.82) is 0 Å². The molecular weight excluding hydrogens is 290 g/mol. The Labute approximate surface area is 143 Å². The molecule has 0 saturated heterocycles. The van der Waals surface area contributed by atoms with Crippen molar-refractivity contribution in [2.75, 3.05) is 0 Å². The average molecular weight is 315 g/mol. The molecule has 1 heteroatoms.